The SMILES string of the molecule is COCCC(C)(C)NC(=O)[C@H]1CN(C2CCCCC2)CC[C@@H]1NC(=O)c1cc(-c2ccc(F)cc2F)on1. The van der Waals surface area contributed by atoms with E-state index >= 15 is 0 Å². The van der Waals surface area contributed by atoms with E-state index in [2.05, 4.69) is 20.7 Å². The van der Waals surface area contributed by atoms with Crippen LogP contribution in [0.1, 0.15) is 69.3 Å². The van der Waals surface area contributed by atoms with Crippen molar-refractivity contribution in [2.45, 2.75) is 76.4 Å². The molecule has 2 N–H and O–H groups in total. The summed E-state index contributed by atoms with van der Waals surface area (Å²) in [6, 6.07) is 4.47. The van der Waals surface area contributed by atoms with Crippen LogP contribution in [0.5, 0.6) is 0 Å². The molecule has 2 atom stereocenters. The Morgan fingerprint density at radius 2 is 1.92 bits per heavy atom. The first-order valence-corrected chi connectivity index (χ1v) is 13.4. The number of aromatic nitrogens is 1. The highest BCUT2D eigenvalue weighted by Crippen LogP contribution is 2.29. The molecule has 0 bridgehead atoms. The van der Waals surface area contributed by atoms with Gasteiger partial charge in [-0.1, -0.05) is 24.4 Å². The largest absolute Gasteiger partial charge is 0.385 e. The first kappa shape index (κ1) is 28.2. The number of hydrogen-bond donors (Lipinski definition) is 2. The summed E-state index contributed by atoms with van der Waals surface area (Å²) in [5.74, 6) is -2.55. The van der Waals surface area contributed by atoms with Crippen molar-refractivity contribution in [3.63, 3.8) is 0 Å². The van der Waals surface area contributed by atoms with Crippen molar-refractivity contribution >= 4 is 11.8 Å². The fraction of sp³-hybridized carbons (Fsp3) is 0.607. The standard InChI is InChI=1S/C28H38F2N4O4/c1-28(2,12-14-37-3)32-26(35)21-17-34(19-7-5-4-6-8-19)13-11-23(21)31-27(36)24-16-25(38-33-24)20-10-9-18(29)15-22(20)30/h9-10,15-16,19,21,23H,4-8,11-14,17H2,1-3H3,(H,31,36)(H,32,35)/t21-,23-/m0/s1. The van der Waals surface area contributed by atoms with Gasteiger partial charge in [0.15, 0.2) is 11.5 Å². The smallest absolute Gasteiger partial charge is 0.273 e. The molecule has 1 saturated heterocycles. The fourth-order valence-corrected chi connectivity index (χ4v) is 5.48. The third-order valence-corrected chi connectivity index (χ3v) is 7.72. The van der Waals surface area contributed by atoms with E-state index in [9.17, 15) is 18.4 Å². The Kier molecular flexibility index (Phi) is 9.15. The number of benzene rings is 1. The van der Waals surface area contributed by atoms with Crippen LogP contribution >= 0.6 is 0 Å². The summed E-state index contributed by atoms with van der Waals surface area (Å²) in [6.45, 7) is 5.80. The number of carbonyl (C=O) groups is 2. The topological polar surface area (TPSA) is 96.7 Å². The summed E-state index contributed by atoms with van der Waals surface area (Å²) >= 11 is 0. The molecule has 8 nitrogen and oxygen atoms in total. The molecule has 1 aromatic heterocycles. The Balaban J connectivity index is 1.48. The number of piperidine rings is 1. The van der Waals surface area contributed by atoms with E-state index in [-0.39, 0.29) is 22.9 Å². The molecule has 1 aliphatic carbocycles. The second-order valence-corrected chi connectivity index (χ2v) is 11.1. The summed E-state index contributed by atoms with van der Waals surface area (Å²) < 4.78 is 37.8. The molecule has 1 saturated carbocycles. The number of halogens is 2. The van der Waals surface area contributed by atoms with Gasteiger partial charge in [-0.15, -0.1) is 0 Å². The number of ether oxygens (including phenoxy) is 1. The van der Waals surface area contributed by atoms with Gasteiger partial charge >= 0.3 is 0 Å². The molecule has 0 unspecified atom stereocenters. The molecule has 10 heteroatoms. The van der Waals surface area contributed by atoms with Crippen LogP contribution in [0.15, 0.2) is 28.8 Å². The van der Waals surface area contributed by atoms with Gasteiger partial charge in [0, 0.05) is 56.6 Å². The van der Waals surface area contributed by atoms with Crippen LogP contribution in [0, 0.1) is 17.6 Å². The number of methoxy groups -OCH3 is 1. The van der Waals surface area contributed by atoms with E-state index in [1.165, 1.54) is 31.4 Å². The molecule has 38 heavy (non-hydrogen) atoms. The lowest BCUT2D eigenvalue weighted by molar-refractivity contribution is -0.130. The molecule has 2 aromatic rings. The Morgan fingerprint density at radius 1 is 1.16 bits per heavy atom. The van der Waals surface area contributed by atoms with Crippen LogP contribution in [0.25, 0.3) is 11.3 Å². The van der Waals surface area contributed by atoms with Gasteiger partial charge in [0.1, 0.15) is 11.6 Å². The average Bonchev–Trinajstić information content (AvgIpc) is 3.38. The zero-order chi connectivity index (χ0) is 27.3. The number of rotatable bonds is 9. The average molecular weight is 533 g/mol. The molecule has 4 rings (SSSR count). The highest BCUT2D eigenvalue weighted by Gasteiger charge is 2.39. The second kappa shape index (κ2) is 12.3. The zero-order valence-corrected chi connectivity index (χ0v) is 22.4. The summed E-state index contributed by atoms with van der Waals surface area (Å²) in [5.41, 5.74) is -0.484. The van der Waals surface area contributed by atoms with Crippen LogP contribution in [-0.4, -0.2) is 66.3 Å². The van der Waals surface area contributed by atoms with E-state index in [1.54, 1.807) is 7.11 Å². The molecule has 0 spiro atoms. The number of nitrogens with one attached hydrogen (secondary N) is 2. The van der Waals surface area contributed by atoms with Crippen molar-refractivity contribution in [3.05, 3.63) is 41.6 Å². The lowest BCUT2D eigenvalue weighted by atomic mass is 9.86. The van der Waals surface area contributed by atoms with Gasteiger partial charge in [-0.2, -0.15) is 0 Å². The Hall–Kier alpha value is -2.85. The zero-order valence-electron chi connectivity index (χ0n) is 22.4. The van der Waals surface area contributed by atoms with Gasteiger partial charge in [0.05, 0.1) is 11.5 Å². The van der Waals surface area contributed by atoms with Gasteiger partial charge in [0.25, 0.3) is 5.91 Å². The summed E-state index contributed by atoms with van der Waals surface area (Å²) in [6.07, 6.45) is 7.20. The number of hydrogen-bond acceptors (Lipinski definition) is 6. The van der Waals surface area contributed by atoms with Gasteiger partial charge in [-0.3, -0.25) is 14.5 Å². The number of likely N-dealkylation sites (tertiary alicyclic amines) is 1. The summed E-state index contributed by atoms with van der Waals surface area (Å²) in [7, 11) is 1.63. The maximum atomic E-state index is 14.2. The Morgan fingerprint density at radius 3 is 2.63 bits per heavy atom. The first-order valence-electron chi connectivity index (χ1n) is 13.4. The molecular formula is C28H38F2N4O4. The lowest BCUT2D eigenvalue weighted by Crippen LogP contribution is -2.60. The van der Waals surface area contributed by atoms with Crippen LogP contribution in [-0.2, 0) is 9.53 Å². The van der Waals surface area contributed by atoms with E-state index in [0.717, 1.165) is 31.5 Å². The molecule has 1 aromatic carbocycles. The molecular weight excluding hydrogens is 494 g/mol. The number of carbonyl (C=O) groups excluding carboxylic acids is 2. The van der Waals surface area contributed by atoms with Crippen molar-refractivity contribution in [2.75, 3.05) is 26.8 Å². The molecule has 208 valence electrons. The Bertz CT molecular complexity index is 1120. The predicted octanol–water partition coefficient (Wildman–Crippen LogP) is 4.30. The second-order valence-electron chi connectivity index (χ2n) is 11.1. The van der Waals surface area contributed by atoms with E-state index in [4.69, 9.17) is 9.26 Å². The van der Waals surface area contributed by atoms with Crippen LogP contribution in [0.3, 0.4) is 0 Å². The molecule has 2 fully saturated rings. The van der Waals surface area contributed by atoms with Gasteiger partial charge < -0.3 is 19.9 Å². The van der Waals surface area contributed by atoms with Crippen molar-refractivity contribution in [1.82, 2.24) is 20.7 Å². The van der Waals surface area contributed by atoms with Crippen LogP contribution in [0.2, 0.25) is 0 Å². The predicted molar refractivity (Wildman–Crippen MR) is 138 cm³/mol. The maximum Gasteiger partial charge on any atom is 0.273 e. The lowest BCUT2D eigenvalue weighted by Gasteiger charge is -2.43. The van der Waals surface area contributed by atoms with Crippen LogP contribution in [0.4, 0.5) is 8.78 Å². The van der Waals surface area contributed by atoms with Crippen molar-refractivity contribution in [3.8, 4) is 11.3 Å². The highest BCUT2D eigenvalue weighted by molar-refractivity contribution is 5.94. The maximum absolute atomic E-state index is 14.2. The first-order chi connectivity index (χ1) is 18.2. The minimum Gasteiger partial charge on any atom is -0.385 e. The molecule has 2 amide bonds. The fourth-order valence-electron chi connectivity index (χ4n) is 5.48. The van der Waals surface area contributed by atoms with E-state index < -0.39 is 35.0 Å². The number of nitrogens with zero attached hydrogens (tertiary/aromatic N) is 2. The normalized spacial score (nSPS) is 21.3. The van der Waals surface area contributed by atoms with E-state index in [0.29, 0.717) is 32.0 Å². The molecule has 2 heterocycles. The third kappa shape index (κ3) is 6.96. The molecule has 0 radical (unpaired) electrons. The minimum atomic E-state index is -0.809. The quantitative estimate of drug-likeness (QED) is 0.500. The van der Waals surface area contributed by atoms with Crippen molar-refractivity contribution in [2.24, 2.45) is 5.92 Å². The monoisotopic (exact) mass is 532 g/mol. The molecule has 1 aliphatic heterocycles. The van der Waals surface area contributed by atoms with E-state index in [1.807, 2.05) is 13.8 Å². The number of amides is 2. The van der Waals surface area contributed by atoms with Gasteiger partial charge in [-0.05, 0) is 51.7 Å². The summed E-state index contributed by atoms with van der Waals surface area (Å²) in [4.78, 5) is 29.1. The van der Waals surface area contributed by atoms with Gasteiger partial charge in [0.2, 0.25) is 5.91 Å². The minimum absolute atomic E-state index is 0.00860. The third-order valence-electron chi connectivity index (χ3n) is 7.72. The highest BCUT2D eigenvalue weighted by atomic mass is 19.1. The van der Waals surface area contributed by atoms with Gasteiger partial charge in [-0.25, -0.2) is 8.78 Å². The van der Waals surface area contributed by atoms with Crippen LogP contribution < -0.4 is 10.6 Å². The Labute approximate surface area is 222 Å². The summed E-state index contributed by atoms with van der Waals surface area (Å²) in [5, 5.41) is 9.94. The van der Waals surface area contributed by atoms with Crippen molar-refractivity contribution in [1.29, 1.82) is 0 Å². The van der Waals surface area contributed by atoms with Crippen molar-refractivity contribution < 1.29 is 27.6 Å². The molecule has 2 aliphatic rings.